The van der Waals surface area contributed by atoms with Gasteiger partial charge in [0.1, 0.15) is 0 Å². The predicted molar refractivity (Wildman–Crippen MR) is 82.5 cm³/mol. The van der Waals surface area contributed by atoms with Crippen LogP contribution in [0.25, 0.3) is 0 Å². The summed E-state index contributed by atoms with van der Waals surface area (Å²) < 4.78 is 0. The highest BCUT2D eigenvalue weighted by Crippen LogP contribution is 2.20. The van der Waals surface area contributed by atoms with E-state index in [1.807, 2.05) is 11.8 Å². The van der Waals surface area contributed by atoms with E-state index in [0.29, 0.717) is 6.42 Å². The van der Waals surface area contributed by atoms with Gasteiger partial charge in [-0.2, -0.15) is 0 Å². The van der Waals surface area contributed by atoms with Gasteiger partial charge in [-0.15, -0.1) is 11.8 Å². The maximum absolute atomic E-state index is 11.1. The zero-order valence-corrected chi connectivity index (χ0v) is 12.7. The average Bonchev–Trinajstić information content (AvgIpc) is 2.44. The van der Waals surface area contributed by atoms with Gasteiger partial charge in [0.2, 0.25) is 5.91 Å². The van der Waals surface area contributed by atoms with Crippen molar-refractivity contribution in [3.8, 4) is 0 Å². The molecule has 0 aliphatic rings. The van der Waals surface area contributed by atoms with Gasteiger partial charge in [0.05, 0.1) is 0 Å². The van der Waals surface area contributed by atoms with E-state index in [-0.39, 0.29) is 5.91 Å². The first-order valence-electron chi connectivity index (χ1n) is 6.89. The standard InChI is InChI=1S/C15H24N2OS/c1-3-9-17-12-13-6-4-7-14(11-13)19-10-5-8-15(18)16-2/h4,6-7,11,17H,3,5,8-10,12H2,1-2H3,(H,16,18). The van der Waals surface area contributed by atoms with E-state index in [1.54, 1.807) is 7.05 Å². The molecule has 0 aromatic heterocycles. The summed E-state index contributed by atoms with van der Waals surface area (Å²) in [7, 11) is 1.68. The van der Waals surface area contributed by atoms with Crippen molar-refractivity contribution in [3.05, 3.63) is 29.8 Å². The number of nitrogens with one attached hydrogen (secondary N) is 2. The second-order valence-corrected chi connectivity index (χ2v) is 5.62. The topological polar surface area (TPSA) is 41.1 Å². The normalized spacial score (nSPS) is 10.4. The zero-order chi connectivity index (χ0) is 13.9. The van der Waals surface area contributed by atoms with Crippen LogP contribution < -0.4 is 10.6 Å². The summed E-state index contributed by atoms with van der Waals surface area (Å²) >= 11 is 1.82. The summed E-state index contributed by atoms with van der Waals surface area (Å²) in [6, 6.07) is 8.61. The number of rotatable bonds is 9. The average molecular weight is 280 g/mol. The summed E-state index contributed by atoms with van der Waals surface area (Å²) in [5.41, 5.74) is 1.32. The fourth-order valence-electron chi connectivity index (χ4n) is 1.70. The number of hydrogen-bond acceptors (Lipinski definition) is 3. The number of benzene rings is 1. The molecule has 1 amide bonds. The van der Waals surface area contributed by atoms with Crippen molar-refractivity contribution in [1.82, 2.24) is 10.6 Å². The zero-order valence-electron chi connectivity index (χ0n) is 11.9. The molecule has 3 nitrogen and oxygen atoms in total. The molecule has 4 heteroatoms. The second-order valence-electron chi connectivity index (χ2n) is 4.45. The van der Waals surface area contributed by atoms with Gasteiger partial charge in [-0.1, -0.05) is 19.1 Å². The molecule has 0 atom stereocenters. The summed E-state index contributed by atoms with van der Waals surface area (Å²) in [5, 5.41) is 6.05. The Balaban J connectivity index is 2.29. The fraction of sp³-hybridized carbons (Fsp3) is 0.533. The van der Waals surface area contributed by atoms with E-state index >= 15 is 0 Å². The molecular weight excluding hydrogens is 256 g/mol. The third-order valence-electron chi connectivity index (χ3n) is 2.75. The van der Waals surface area contributed by atoms with Crippen LogP contribution >= 0.6 is 11.8 Å². The highest BCUT2D eigenvalue weighted by molar-refractivity contribution is 7.99. The lowest BCUT2D eigenvalue weighted by atomic mass is 10.2. The van der Waals surface area contributed by atoms with Crippen LogP contribution in [-0.4, -0.2) is 25.3 Å². The summed E-state index contributed by atoms with van der Waals surface area (Å²) in [4.78, 5) is 12.4. The van der Waals surface area contributed by atoms with Gasteiger partial charge in [0.25, 0.3) is 0 Å². The van der Waals surface area contributed by atoms with Crippen molar-refractivity contribution in [2.75, 3.05) is 19.3 Å². The molecule has 0 unspecified atom stereocenters. The smallest absolute Gasteiger partial charge is 0.219 e. The Bertz CT molecular complexity index is 382. The van der Waals surface area contributed by atoms with Gasteiger partial charge in [-0.05, 0) is 42.8 Å². The molecule has 106 valence electrons. The lowest BCUT2D eigenvalue weighted by molar-refractivity contribution is -0.120. The molecule has 0 saturated carbocycles. The van der Waals surface area contributed by atoms with Crippen molar-refractivity contribution < 1.29 is 4.79 Å². The Hall–Kier alpha value is -1.00. The van der Waals surface area contributed by atoms with Crippen LogP contribution in [0.5, 0.6) is 0 Å². The molecule has 0 spiro atoms. The lowest BCUT2D eigenvalue weighted by Crippen LogP contribution is -2.17. The minimum Gasteiger partial charge on any atom is -0.359 e. The third-order valence-corrected chi connectivity index (χ3v) is 3.83. The molecule has 0 radical (unpaired) electrons. The van der Waals surface area contributed by atoms with E-state index in [2.05, 4.69) is 41.8 Å². The monoisotopic (exact) mass is 280 g/mol. The molecule has 0 bridgehead atoms. The first-order chi connectivity index (χ1) is 9.26. The highest BCUT2D eigenvalue weighted by atomic mass is 32.2. The Labute approximate surface area is 120 Å². The predicted octanol–water partition coefficient (Wildman–Crippen LogP) is 2.80. The number of amides is 1. The first-order valence-corrected chi connectivity index (χ1v) is 7.88. The molecule has 1 aromatic carbocycles. The quantitative estimate of drug-likeness (QED) is 0.540. The molecule has 0 heterocycles. The van der Waals surface area contributed by atoms with Crippen molar-refractivity contribution in [1.29, 1.82) is 0 Å². The van der Waals surface area contributed by atoms with Crippen molar-refractivity contribution in [3.63, 3.8) is 0 Å². The Morgan fingerprint density at radius 2 is 2.21 bits per heavy atom. The van der Waals surface area contributed by atoms with Crippen molar-refractivity contribution in [2.45, 2.75) is 37.6 Å². The molecule has 2 N–H and O–H groups in total. The van der Waals surface area contributed by atoms with Crippen LogP contribution in [0, 0.1) is 0 Å². The minimum absolute atomic E-state index is 0.123. The minimum atomic E-state index is 0.123. The van der Waals surface area contributed by atoms with Gasteiger partial charge in [-0.25, -0.2) is 0 Å². The lowest BCUT2D eigenvalue weighted by Gasteiger charge is -2.06. The maximum Gasteiger partial charge on any atom is 0.219 e. The van der Waals surface area contributed by atoms with Gasteiger partial charge in [0, 0.05) is 24.9 Å². The molecule has 1 rings (SSSR count). The Morgan fingerprint density at radius 3 is 2.95 bits per heavy atom. The number of carbonyl (C=O) groups excluding carboxylic acids is 1. The number of hydrogen-bond donors (Lipinski definition) is 2. The van der Waals surface area contributed by atoms with Crippen molar-refractivity contribution >= 4 is 17.7 Å². The van der Waals surface area contributed by atoms with E-state index in [0.717, 1.165) is 31.7 Å². The van der Waals surface area contributed by atoms with Crippen LogP contribution in [0.1, 0.15) is 31.7 Å². The van der Waals surface area contributed by atoms with E-state index in [9.17, 15) is 4.79 Å². The van der Waals surface area contributed by atoms with E-state index < -0.39 is 0 Å². The molecule has 0 fully saturated rings. The van der Waals surface area contributed by atoms with Crippen LogP contribution in [0.15, 0.2) is 29.2 Å². The molecular formula is C15H24N2OS. The van der Waals surface area contributed by atoms with E-state index in [4.69, 9.17) is 0 Å². The Morgan fingerprint density at radius 1 is 1.37 bits per heavy atom. The number of thioether (sulfide) groups is 1. The van der Waals surface area contributed by atoms with Gasteiger partial charge < -0.3 is 10.6 Å². The van der Waals surface area contributed by atoms with Crippen LogP contribution in [0.2, 0.25) is 0 Å². The van der Waals surface area contributed by atoms with Crippen LogP contribution in [0.4, 0.5) is 0 Å². The summed E-state index contributed by atoms with van der Waals surface area (Å²) in [6.07, 6.45) is 2.69. The molecule has 1 aromatic rings. The molecule has 0 saturated heterocycles. The molecule has 19 heavy (non-hydrogen) atoms. The maximum atomic E-state index is 11.1. The first kappa shape index (κ1) is 16.1. The Kier molecular flexibility index (Phi) is 8.34. The largest absolute Gasteiger partial charge is 0.359 e. The van der Waals surface area contributed by atoms with Gasteiger partial charge >= 0.3 is 0 Å². The SMILES string of the molecule is CCCNCc1cccc(SCCCC(=O)NC)c1. The van der Waals surface area contributed by atoms with Crippen LogP contribution in [-0.2, 0) is 11.3 Å². The van der Waals surface area contributed by atoms with Crippen molar-refractivity contribution in [2.24, 2.45) is 0 Å². The third kappa shape index (κ3) is 7.23. The summed E-state index contributed by atoms with van der Waals surface area (Å²) in [5.74, 6) is 1.11. The van der Waals surface area contributed by atoms with E-state index in [1.165, 1.54) is 10.5 Å². The second kappa shape index (κ2) is 9.87. The van der Waals surface area contributed by atoms with Crippen LogP contribution in [0.3, 0.4) is 0 Å². The molecule has 0 aliphatic carbocycles. The fourth-order valence-corrected chi connectivity index (χ4v) is 2.64. The highest BCUT2D eigenvalue weighted by Gasteiger charge is 2.00. The summed E-state index contributed by atoms with van der Waals surface area (Å²) in [6.45, 7) is 4.16. The van der Waals surface area contributed by atoms with Gasteiger partial charge in [0.15, 0.2) is 0 Å². The number of carbonyl (C=O) groups is 1. The van der Waals surface area contributed by atoms with Gasteiger partial charge in [-0.3, -0.25) is 4.79 Å². The molecule has 0 aliphatic heterocycles.